The third-order valence-electron chi connectivity index (χ3n) is 5.47. The molecule has 9 nitrogen and oxygen atoms in total. The van der Waals surface area contributed by atoms with Crippen LogP contribution in [-0.2, 0) is 24.3 Å². The first kappa shape index (κ1) is 24.2. The van der Waals surface area contributed by atoms with Crippen LogP contribution >= 0.6 is 0 Å². The van der Waals surface area contributed by atoms with Crippen LogP contribution in [0.25, 0.3) is 0 Å². The van der Waals surface area contributed by atoms with E-state index in [1.54, 1.807) is 0 Å². The summed E-state index contributed by atoms with van der Waals surface area (Å²) in [6.45, 7) is 1.10. The summed E-state index contributed by atoms with van der Waals surface area (Å²) in [7, 11) is -2.52. The van der Waals surface area contributed by atoms with Crippen molar-refractivity contribution in [3.8, 4) is 5.75 Å². The fourth-order valence-electron chi connectivity index (χ4n) is 3.69. The lowest BCUT2D eigenvalue weighted by Crippen LogP contribution is -2.40. The highest BCUT2D eigenvalue weighted by atomic mass is 32.2. The van der Waals surface area contributed by atoms with Crippen LogP contribution < -0.4 is 10.1 Å². The Labute approximate surface area is 188 Å². The summed E-state index contributed by atoms with van der Waals surface area (Å²) in [6, 6.07) is 4.04. The number of amides is 1. The molecule has 1 aromatic carbocycles. The third-order valence-corrected chi connectivity index (χ3v) is 7.39. The molecule has 1 aliphatic carbocycles. The first-order chi connectivity index (χ1) is 15.4. The molecule has 0 radical (unpaired) electrons. The Bertz CT molecular complexity index is 953. The van der Waals surface area contributed by atoms with Crippen LogP contribution in [0.4, 0.5) is 0 Å². The number of nitrogens with zero attached hydrogens (tertiary/aromatic N) is 1. The Morgan fingerprint density at radius 2 is 1.97 bits per heavy atom. The molecule has 1 heterocycles. The molecule has 1 aliphatic heterocycles. The van der Waals surface area contributed by atoms with E-state index in [0.717, 1.165) is 19.3 Å². The highest BCUT2D eigenvalue weighted by Gasteiger charge is 2.30. The van der Waals surface area contributed by atoms with Crippen LogP contribution in [0.5, 0.6) is 5.75 Å². The van der Waals surface area contributed by atoms with Gasteiger partial charge in [-0.15, -0.1) is 0 Å². The molecular weight excluding hydrogens is 436 g/mol. The van der Waals surface area contributed by atoms with Gasteiger partial charge in [0.05, 0.1) is 25.9 Å². The maximum atomic E-state index is 13.0. The van der Waals surface area contributed by atoms with E-state index in [1.165, 1.54) is 48.0 Å². The third kappa shape index (κ3) is 6.30. The predicted octanol–water partition coefficient (Wildman–Crippen LogP) is 1.88. The fraction of sp³-hybridized carbons (Fsp3) is 0.545. The summed E-state index contributed by atoms with van der Waals surface area (Å²) in [4.78, 5) is 24.3. The van der Waals surface area contributed by atoms with Crippen molar-refractivity contribution >= 4 is 21.9 Å². The molecule has 0 bridgehead atoms. The first-order valence-corrected chi connectivity index (χ1v) is 12.2. The SMILES string of the molecule is COc1ccc(C(=O)OCC(=O)NCCC2=CCCCC2)cc1S(=O)(=O)N1CCOCC1. The number of sulfonamides is 1. The number of nitrogens with one attached hydrogen (secondary N) is 1. The van der Waals surface area contributed by atoms with Crippen molar-refractivity contribution in [2.24, 2.45) is 0 Å². The number of allylic oxidation sites excluding steroid dienone is 1. The molecule has 10 heteroatoms. The number of ether oxygens (including phenoxy) is 3. The van der Waals surface area contributed by atoms with Gasteiger partial charge in [0.2, 0.25) is 10.0 Å². The van der Waals surface area contributed by atoms with Gasteiger partial charge in [0.25, 0.3) is 5.91 Å². The minimum Gasteiger partial charge on any atom is -0.495 e. The Balaban J connectivity index is 1.58. The zero-order chi connectivity index (χ0) is 23.0. The summed E-state index contributed by atoms with van der Waals surface area (Å²) in [5.41, 5.74) is 1.37. The Morgan fingerprint density at radius 1 is 1.19 bits per heavy atom. The standard InChI is InChI=1S/C22H30N2O7S/c1-29-19-8-7-18(15-20(19)32(27,28)24-11-13-30-14-12-24)22(26)31-16-21(25)23-10-9-17-5-3-2-4-6-17/h5,7-8,15H,2-4,6,9-14,16H2,1H3,(H,23,25). The van der Waals surface area contributed by atoms with E-state index < -0.39 is 28.5 Å². The van der Waals surface area contributed by atoms with Gasteiger partial charge in [0.1, 0.15) is 10.6 Å². The smallest absolute Gasteiger partial charge is 0.338 e. The molecule has 1 saturated heterocycles. The van der Waals surface area contributed by atoms with Gasteiger partial charge >= 0.3 is 5.97 Å². The molecular formula is C22H30N2O7S. The van der Waals surface area contributed by atoms with E-state index in [9.17, 15) is 18.0 Å². The van der Waals surface area contributed by atoms with Crippen LogP contribution in [0.2, 0.25) is 0 Å². The monoisotopic (exact) mass is 466 g/mol. The number of esters is 1. The maximum Gasteiger partial charge on any atom is 0.338 e. The van der Waals surface area contributed by atoms with E-state index in [1.807, 2.05) is 0 Å². The van der Waals surface area contributed by atoms with Gasteiger partial charge in [0.15, 0.2) is 6.61 Å². The Hall–Kier alpha value is -2.43. The van der Waals surface area contributed by atoms with E-state index in [-0.39, 0.29) is 29.3 Å². The fourth-order valence-corrected chi connectivity index (χ4v) is 5.28. The second-order valence-electron chi connectivity index (χ2n) is 7.67. The number of hydrogen-bond acceptors (Lipinski definition) is 7. The lowest BCUT2D eigenvalue weighted by Gasteiger charge is -2.26. The molecule has 1 amide bonds. The van der Waals surface area contributed by atoms with Crippen molar-refractivity contribution in [1.82, 2.24) is 9.62 Å². The summed E-state index contributed by atoms with van der Waals surface area (Å²) in [5.74, 6) is -1.05. The largest absolute Gasteiger partial charge is 0.495 e. The molecule has 0 spiro atoms. The molecule has 0 aromatic heterocycles. The molecule has 3 rings (SSSR count). The lowest BCUT2D eigenvalue weighted by molar-refractivity contribution is -0.124. The maximum absolute atomic E-state index is 13.0. The summed E-state index contributed by atoms with van der Waals surface area (Å²) in [6.07, 6.45) is 7.57. The van der Waals surface area contributed by atoms with E-state index >= 15 is 0 Å². The van der Waals surface area contributed by atoms with Crippen LogP contribution in [0.15, 0.2) is 34.7 Å². The van der Waals surface area contributed by atoms with Gasteiger partial charge in [0, 0.05) is 19.6 Å². The highest BCUT2D eigenvalue weighted by Crippen LogP contribution is 2.28. The number of carbonyl (C=O) groups excluding carboxylic acids is 2. The molecule has 176 valence electrons. The van der Waals surface area contributed by atoms with Gasteiger partial charge in [-0.25, -0.2) is 13.2 Å². The minimum absolute atomic E-state index is 0.0257. The second kappa shape index (κ2) is 11.4. The number of methoxy groups -OCH3 is 1. The van der Waals surface area contributed by atoms with Crippen molar-refractivity contribution in [2.75, 3.05) is 46.6 Å². The molecule has 0 unspecified atom stereocenters. The zero-order valence-corrected chi connectivity index (χ0v) is 19.1. The minimum atomic E-state index is -3.88. The summed E-state index contributed by atoms with van der Waals surface area (Å²) in [5, 5.41) is 2.74. The Morgan fingerprint density at radius 3 is 2.66 bits per heavy atom. The molecule has 0 atom stereocenters. The average molecular weight is 467 g/mol. The van der Waals surface area contributed by atoms with Crippen molar-refractivity contribution < 1.29 is 32.2 Å². The van der Waals surface area contributed by atoms with E-state index in [4.69, 9.17) is 14.2 Å². The quantitative estimate of drug-likeness (QED) is 0.437. The summed E-state index contributed by atoms with van der Waals surface area (Å²) >= 11 is 0. The van der Waals surface area contributed by atoms with Crippen molar-refractivity contribution in [3.05, 3.63) is 35.4 Å². The predicted molar refractivity (Wildman–Crippen MR) is 117 cm³/mol. The van der Waals surface area contributed by atoms with Gasteiger partial charge in [-0.2, -0.15) is 4.31 Å². The van der Waals surface area contributed by atoms with Crippen LogP contribution in [0, 0.1) is 0 Å². The molecule has 32 heavy (non-hydrogen) atoms. The van der Waals surface area contributed by atoms with E-state index in [0.29, 0.717) is 19.8 Å². The molecule has 0 saturated carbocycles. The van der Waals surface area contributed by atoms with Crippen LogP contribution in [-0.4, -0.2) is 71.2 Å². The van der Waals surface area contributed by atoms with Crippen molar-refractivity contribution in [1.29, 1.82) is 0 Å². The summed E-state index contributed by atoms with van der Waals surface area (Å²) < 4.78 is 42.8. The topological polar surface area (TPSA) is 111 Å². The second-order valence-corrected chi connectivity index (χ2v) is 9.57. The van der Waals surface area contributed by atoms with Gasteiger partial charge in [-0.3, -0.25) is 4.79 Å². The molecule has 1 fully saturated rings. The first-order valence-electron chi connectivity index (χ1n) is 10.8. The lowest BCUT2D eigenvalue weighted by atomic mass is 9.97. The van der Waals surface area contributed by atoms with Gasteiger partial charge in [-0.1, -0.05) is 11.6 Å². The van der Waals surface area contributed by atoms with Gasteiger partial charge in [-0.05, 0) is 50.3 Å². The molecule has 1 N–H and O–H groups in total. The average Bonchev–Trinajstić information content (AvgIpc) is 2.83. The van der Waals surface area contributed by atoms with Gasteiger partial charge < -0.3 is 19.5 Å². The number of benzene rings is 1. The van der Waals surface area contributed by atoms with Crippen molar-refractivity contribution in [3.63, 3.8) is 0 Å². The van der Waals surface area contributed by atoms with E-state index in [2.05, 4.69) is 11.4 Å². The van der Waals surface area contributed by atoms with Crippen molar-refractivity contribution in [2.45, 2.75) is 37.0 Å². The number of morpholine rings is 1. The van der Waals surface area contributed by atoms with Crippen LogP contribution in [0.1, 0.15) is 42.5 Å². The van der Waals surface area contributed by atoms with Crippen LogP contribution in [0.3, 0.4) is 0 Å². The normalized spacial score (nSPS) is 17.3. The Kier molecular flexibility index (Phi) is 8.66. The number of hydrogen-bond donors (Lipinski definition) is 1. The molecule has 1 aromatic rings. The highest BCUT2D eigenvalue weighted by molar-refractivity contribution is 7.89. The molecule has 2 aliphatic rings. The number of rotatable bonds is 9. The number of carbonyl (C=O) groups is 2. The zero-order valence-electron chi connectivity index (χ0n) is 18.3.